The van der Waals surface area contributed by atoms with Crippen LogP contribution in [0, 0.1) is 0 Å². The molecule has 2 heterocycles. The van der Waals surface area contributed by atoms with E-state index in [1.807, 2.05) is 12.1 Å². The highest BCUT2D eigenvalue weighted by Gasteiger charge is 2.26. The Morgan fingerprint density at radius 1 is 1.33 bits per heavy atom. The highest BCUT2D eigenvalue weighted by Crippen LogP contribution is 2.32. The molecular weight excluding hydrogens is 252 g/mol. The van der Waals surface area contributed by atoms with Crippen molar-refractivity contribution in [3.8, 4) is 11.1 Å². The lowest BCUT2D eigenvalue weighted by molar-refractivity contribution is 0.0690. The molecule has 1 aromatic heterocycles. The molecule has 18 heavy (non-hydrogen) atoms. The van der Waals surface area contributed by atoms with Crippen LogP contribution in [0.25, 0.3) is 11.1 Å². The summed E-state index contributed by atoms with van der Waals surface area (Å²) < 4.78 is 1.80. The van der Waals surface area contributed by atoms with Gasteiger partial charge in [0.25, 0.3) is 0 Å². The maximum Gasteiger partial charge on any atom is 0.357 e. The molecule has 92 valence electrons. The molecule has 0 amide bonds. The molecule has 0 atom stereocenters. The standard InChI is InChI=1S/C13H11ClN2O2/c14-9-5-3-8(4-6-9)11-10-2-1-7-16(10)15-12(11)13(17)18/h3-6H,1-2,7H2,(H,17,18). The van der Waals surface area contributed by atoms with Gasteiger partial charge in [0.15, 0.2) is 5.69 Å². The van der Waals surface area contributed by atoms with E-state index in [-0.39, 0.29) is 5.69 Å². The van der Waals surface area contributed by atoms with Crippen LogP contribution in [0.2, 0.25) is 5.02 Å². The van der Waals surface area contributed by atoms with Crippen LogP contribution in [0.15, 0.2) is 24.3 Å². The Hall–Kier alpha value is -1.81. The molecule has 1 aromatic carbocycles. The molecule has 0 unspecified atom stereocenters. The van der Waals surface area contributed by atoms with Crippen molar-refractivity contribution in [2.24, 2.45) is 0 Å². The van der Waals surface area contributed by atoms with Gasteiger partial charge in [-0.15, -0.1) is 0 Å². The van der Waals surface area contributed by atoms with E-state index in [0.717, 1.165) is 36.2 Å². The minimum Gasteiger partial charge on any atom is -0.476 e. The quantitative estimate of drug-likeness (QED) is 0.905. The second kappa shape index (κ2) is 4.14. The summed E-state index contributed by atoms with van der Waals surface area (Å²) in [7, 11) is 0. The van der Waals surface area contributed by atoms with Crippen LogP contribution in [0.5, 0.6) is 0 Å². The van der Waals surface area contributed by atoms with Gasteiger partial charge in [-0.3, -0.25) is 4.68 Å². The Labute approximate surface area is 109 Å². The summed E-state index contributed by atoms with van der Waals surface area (Å²) in [4.78, 5) is 11.3. The normalized spacial score (nSPS) is 13.6. The van der Waals surface area contributed by atoms with Crippen molar-refractivity contribution in [2.45, 2.75) is 19.4 Å². The van der Waals surface area contributed by atoms with Crippen LogP contribution in [0.3, 0.4) is 0 Å². The van der Waals surface area contributed by atoms with Crippen LogP contribution >= 0.6 is 11.6 Å². The number of benzene rings is 1. The van der Waals surface area contributed by atoms with Crippen molar-refractivity contribution in [3.05, 3.63) is 40.7 Å². The monoisotopic (exact) mass is 262 g/mol. The van der Waals surface area contributed by atoms with E-state index in [1.54, 1.807) is 16.8 Å². The highest BCUT2D eigenvalue weighted by atomic mass is 35.5. The second-order valence-corrected chi connectivity index (χ2v) is 4.75. The Morgan fingerprint density at radius 3 is 2.72 bits per heavy atom. The number of hydrogen-bond donors (Lipinski definition) is 1. The number of carbonyl (C=O) groups is 1. The molecule has 4 nitrogen and oxygen atoms in total. The summed E-state index contributed by atoms with van der Waals surface area (Å²) >= 11 is 5.86. The highest BCUT2D eigenvalue weighted by molar-refractivity contribution is 6.30. The van der Waals surface area contributed by atoms with E-state index >= 15 is 0 Å². The SMILES string of the molecule is O=C(O)c1nn2c(c1-c1ccc(Cl)cc1)CCC2. The fourth-order valence-electron chi connectivity index (χ4n) is 2.40. The molecule has 0 radical (unpaired) electrons. The van der Waals surface area contributed by atoms with Gasteiger partial charge in [0, 0.05) is 22.8 Å². The maximum atomic E-state index is 11.3. The first-order valence-corrected chi connectivity index (χ1v) is 6.13. The molecule has 5 heteroatoms. The fourth-order valence-corrected chi connectivity index (χ4v) is 2.53. The Morgan fingerprint density at radius 2 is 2.06 bits per heavy atom. The number of aromatic carboxylic acids is 1. The number of carboxylic acids is 1. The molecule has 1 aliphatic heterocycles. The van der Waals surface area contributed by atoms with Gasteiger partial charge in [0.2, 0.25) is 0 Å². The first kappa shape index (κ1) is 11.3. The number of halogens is 1. The molecule has 0 saturated heterocycles. The largest absolute Gasteiger partial charge is 0.476 e. The molecule has 2 aromatic rings. The molecule has 0 bridgehead atoms. The predicted molar refractivity (Wildman–Crippen MR) is 68.0 cm³/mol. The minimum absolute atomic E-state index is 0.132. The molecule has 0 spiro atoms. The van der Waals surface area contributed by atoms with E-state index in [1.165, 1.54) is 0 Å². The van der Waals surface area contributed by atoms with Crippen molar-refractivity contribution in [1.82, 2.24) is 9.78 Å². The van der Waals surface area contributed by atoms with Gasteiger partial charge in [0.1, 0.15) is 0 Å². The number of rotatable bonds is 2. The first-order valence-electron chi connectivity index (χ1n) is 5.76. The summed E-state index contributed by atoms with van der Waals surface area (Å²) in [5.74, 6) is -0.984. The number of aromatic nitrogens is 2. The Balaban J connectivity index is 2.20. The molecule has 0 fully saturated rings. The lowest BCUT2D eigenvalue weighted by Crippen LogP contribution is -2.02. The Kier molecular flexibility index (Phi) is 2.59. The third-order valence-corrected chi connectivity index (χ3v) is 3.43. The topological polar surface area (TPSA) is 55.1 Å². The molecule has 0 aliphatic carbocycles. The molecular formula is C13H11ClN2O2. The zero-order valence-electron chi connectivity index (χ0n) is 9.56. The van der Waals surface area contributed by atoms with Gasteiger partial charge in [-0.1, -0.05) is 23.7 Å². The third kappa shape index (κ3) is 1.69. The maximum absolute atomic E-state index is 11.3. The third-order valence-electron chi connectivity index (χ3n) is 3.18. The summed E-state index contributed by atoms with van der Waals surface area (Å²) in [6, 6.07) is 7.21. The lowest BCUT2D eigenvalue weighted by Gasteiger charge is -2.02. The number of carboxylic acid groups (broad SMARTS) is 1. The van der Waals surface area contributed by atoms with Crippen LogP contribution in [-0.4, -0.2) is 20.9 Å². The molecule has 1 N–H and O–H groups in total. The van der Waals surface area contributed by atoms with E-state index < -0.39 is 5.97 Å². The van der Waals surface area contributed by atoms with Crippen molar-refractivity contribution in [3.63, 3.8) is 0 Å². The van der Waals surface area contributed by atoms with Crippen molar-refractivity contribution < 1.29 is 9.90 Å². The van der Waals surface area contributed by atoms with Gasteiger partial charge in [-0.05, 0) is 30.5 Å². The van der Waals surface area contributed by atoms with Gasteiger partial charge in [-0.25, -0.2) is 4.79 Å². The summed E-state index contributed by atoms with van der Waals surface area (Å²) in [6.45, 7) is 0.795. The lowest BCUT2D eigenvalue weighted by atomic mass is 10.0. The zero-order chi connectivity index (χ0) is 12.7. The van der Waals surface area contributed by atoms with Gasteiger partial charge >= 0.3 is 5.97 Å². The zero-order valence-corrected chi connectivity index (χ0v) is 10.3. The summed E-state index contributed by atoms with van der Waals surface area (Å²) in [5, 5.41) is 14.0. The predicted octanol–water partition coefficient (Wildman–Crippen LogP) is 2.85. The first-order chi connectivity index (χ1) is 8.66. The van der Waals surface area contributed by atoms with Gasteiger partial charge < -0.3 is 5.11 Å². The summed E-state index contributed by atoms with van der Waals surface area (Å²) in [6.07, 6.45) is 1.89. The minimum atomic E-state index is -0.984. The van der Waals surface area contributed by atoms with Crippen molar-refractivity contribution >= 4 is 17.6 Å². The number of aryl methyl sites for hydroxylation is 1. The van der Waals surface area contributed by atoms with Gasteiger partial charge in [0.05, 0.1) is 0 Å². The van der Waals surface area contributed by atoms with E-state index in [2.05, 4.69) is 5.10 Å². The average molecular weight is 263 g/mol. The van der Waals surface area contributed by atoms with Crippen molar-refractivity contribution in [1.29, 1.82) is 0 Å². The Bertz CT molecular complexity index is 617. The van der Waals surface area contributed by atoms with Crippen LogP contribution < -0.4 is 0 Å². The number of nitrogens with zero attached hydrogens (tertiary/aromatic N) is 2. The van der Waals surface area contributed by atoms with E-state index in [4.69, 9.17) is 11.6 Å². The number of fused-ring (bicyclic) bond motifs is 1. The van der Waals surface area contributed by atoms with Gasteiger partial charge in [-0.2, -0.15) is 5.10 Å². The molecule has 1 aliphatic rings. The van der Waals surface area contributed by atoms with Crippen LogP contribution in [-0.2, 0) is 13.0 Å². The smallest absolute Gasteiger partial charge is 0.357 e. The fraction of sp³-hybridized carbons (Fsp3) is 0.231. The van der Waals surface area contributed by atoms with Crippen LogP contribution in [0.4, 0.5) is 0 Å². The van der Waals surface area contributed by atoms with Crippen LogP contribution in [0.1, 0.15) is 22.6 Å². The average Bonchev–Trinajstić information content (AvgIpc) is 2.90. The second-order valence-electron chi connectivity index (χ2n) is 4.31. The summed E-state index contributed by atoms with van der Waals surface area (Å²) in [5.41, 5.74) is 2.73. The van der Waals surface area contributed by atoms with E-state index in [0.29, 0.717) is 5.02 Å². The molecule has 3 rings (SSSR count). The molecule has 0 saturated carbocycles. The number of hydrogen-bond acceptors (Lipinski definition) is 2. The van der Waals surface area contributed by atoms with E-state index in [9.17, 15) is 9.90 Å². The van der Waals surface area contributed by atoms with Crippen molar-refractivity contribution in [2.75, 3.05) is 0 Å².